The largest absolute Gasteiger partial charge is 0.486 e. The fourth-order valence-corrected chi connectivity index (χ4v) is 2.71. The van der Waals surface area contributed by atoms with Gasteiger partial charge in [0.15, 0.2) is 11.5 Å². The van der Waals surface area contributed by atoms with Gasteiger partial charge in [0, 0.05) is 17.4 Å². The Balaban J connectivity index is 1.47. The fourth-order valence-electron chi connectivity index (χ4n) is 2.71. The third-order valence-electron chi connectivity index (χ3n) is 3.99. The van der Waals surface area contributed by atoms with Crippen molar-refractivity contribution in [2.24, 2.45) is 0 Å². The first-order valence-corrected chi connectivity index (χ1v) is 8.74. The molecule has 2 N–H and O–H groups in total. The van der Waals surface area contributed by atoms with Crippen LogP contribution in [0.1, 0.15) is 5.56 Å². The average molecular weight is 369 g/mol. The highest BCUT2D eigenvalue weighted by Crippen LogP contribution is 2.32. The van der Waals surface area contributed by atoms with Gasteiger partial charge in [-0.15, -0.1) is 0 Å². The number of amides is 2. The Labute approximate surface area is 158 Å². The number of fused-ring (bicyclic) bond motifs is 1. The normalized spacial score (nSPS) is 12.6. The summed E-state index contributed by atoms with van der Waals surface area (Å²) in [6.45, 7) is 3.20. The van der Waals surface area contributed by atoms with Crippen LogP contribution < -0.4 is 20.1 Å². The molecule has 2 aromatic rings. The number of carbonyl (C=O) groups excluding carboxylic acids is 2. The van der Waals surface area contributed by atoms with E-state index < -0.39 is 0 Å². The first-order chi connectivity index (χ1) is 13.0. The zero-order valence-corrected chi connectivity index (χ0v) is 15.5. The van der Waals surface area contributed by atoms with E-state index in [-0.39, 0.29) is 24.9 Å². The van der Waals surface area contributed by atoms with Crippen molar-refractivity contribution in [3.63, 3.8) is 0 Å². The predicted octanol–water partition coefficient (Wildman–Crippen LogP) is 2.28. The smallest absolute Gasteiger partial charge is 0.238 e. The molecule has 1 heterocycles. The van der Waals surface area contributed by atoms with Crippen molar-refractivity contribution in [2.45, 2.75) is 6.92 Å². The van der Waals surface area contributed by atoms with Gasteiger partial charge in [-0.25, -0.2) is 0 Å². The average Bonchev–Trinajstić information content (AvgIpc) is 2.63. The third-order valence-corrected chi connectivity index (χ3v) is 3.99. The number of hydrogen-bond acceptors (Lipinski definition) is 5. The van der Waals surface area contributed by atoms with E-state index in [1.165, 1.54) is 0 Å². The molecule has 0 aliphatic carbocycles. The van der Waals surface area contributed by atoms with Crippen molar-refractivity contribution in [2.75, 3.05) is 44.0 Å². The number of rotatable bonds is 6. The van der Waals surface area contributed by atoms with Gasteiger partial charge in [-0.1, -0.05) is 17.7 Å². The van der Waals surface area contributed by atoms with Gasteiger partial charge in [0.25, 0.3) is 0 Å². The molecule has 142 valence electrons. The first kappa shape index (κ1) is 18.7. The highest BCUT2D eigenvalue weighted by molar-refractivity contribution is 5.94. The summed E-state index contributed by atoms with van der Waals surface area (Å²) in [5.74, 6) is 0.903. The molecule has 0 bridgehead atoms. The topological polar surface area (TPSA) is 79.9 Å². The third kappa shape index (κ3) is 5.46. The van der Waals surface area contributed by atoms with Crippen molar-refractivity contribution in [1.82, 2.24) is 4.90 Å². The van der Waals surface area contributed by atoms with Crippen LogP contribution in [0.5, 0.6) is 11.5 Å². The lowest BCUT2D eigenvalue weighted by Crippen LogP contribution is -2.36. The van der Waals surface area contributed by atoms with E-state index in [1.54, 1.807) is 30.1 Å². The molecule has 2 amide bonds. The summed E-state index contributed by atoms with van der Waals surface area (Å²) < 4.78 is 11.0. The molecule has 0 unspecified atom stereocenters. The van der Waals surface area contributed by atoms with E-state index in [0.29, 0.717) is 30.4 Å². The Bertz CT molecular complexity index is 820. The van der Waals surface area contributed by atoms with Crippen molar-refractivity contribution in [3.8, 4) is 11.5 Å². The molecule has 2 aromatic carbocycles. The fraction of sp³-hybridized carbons (Fsp3) is 0.300. The molecule has 1 aliphatic rings. The Kier molecular flexibility index (Phi) is 5.93. The van der Waals surface area contributed by atoms with Crippen molar-refractivity contribution in [3.05, 3.63) is 48.0 Å². The van der Waals surface area contributed by atoms with Gasteiger partial charge >= 0.3 is 0 Å². The van der Waals surface area contributed by atoms with E-state index >= 15 is 0 Å². The van der Waals surface area contributed by atoms with Crippen LogP contribution in [0, 0.1) is 6.92 Å². The Morgan fingerprint density at radius 2 is 1.44 bits per heavy atom. The molecule has 3 rings (SSSR count). The summed E-state index contributed by atoms with van der Waals surface area (Å²) in [6.07, 6.45) is 0. The van der Waals surface area contributed by atoms with E-state index in [4.69, 9.17) is 9.47 Å². The second kappa shape index (κ2) is 8.55. The van der Waals surface area contributed by atoms with Crippen molar-refractivity contribution < 1.29 is 19.1 Å². The highest BCUT2D eigenvalue weighted by Gasteiger charge is 2.14. The van der Waals surface area contributed by atoms with Crippen LogP contribution in [-0.2, 0) is 9.59 Å². The molecule has 0 radical (unpaired) electrons. The monoisotopic (exact) mass is 369 g/mol. The summed E-state index contributed by atoms with van der Waals surface area (Å²) in [4.78, 5) is 26.0. The van der Waals surface area contributed by atoms with E-state index in [1.807, 2.05) is 31.2 Å². The molecular weight excluding hydrogens is 346 g/mol. The number of anilines is 2. The Hall–Kier alpha value is -3.06. The van der Waals surface area contributed by atoms with Gasteiger partial charge in [-0.05, 0) is 38.2 Å². The second-order valence-electron chi connectivity index (χ2n) is 6.49. The number of likely N-dealkylation sites (N-methyl/N-ethyl adjacent to an activating group) is 1. The first-order valence-electron chi connectivity index (χ1n) is 8.74. The molecule has 0 atom stereocenters. The molecule has 7 heteroatoms. The minimum atomic E-state index is -0.211. The molecule has 0 fully saturated rings. The van der Waals surface area contributed by atoms with E-state index in [2.05, 4.69) is 10.6 Å². The zero-order chi connectivity index (χ0) is 19.2. The summed E-state index contributed by atoms with van der Waals surface area (Å²) >= 11 is 0. The summed E-state index contributed by atoms with van der Waals surface area (Å²) in [7, 11) is 1.72. The molecule has 27 heavy (non-hydrogen) atoms. The van der Waals surface area contributed by atoms with Crippen molar-refractivity contribution in [1.29, 1.82) is 0 Å². The van der Waals surface area contributed by atoms with E-state index in [9.17, 15) is 9.59 Å². The summed E-state index contributed by atoms with van der Waals surface area (Å²) in [5.41, 5.74) is 2.49. The lowest BCUT2D eigenvalue weighted by Gasteiger charge is -2.19. The highest BCUT2D eigenvalue weighted by atomic mass is 16.6. The SMILES string of the molecule is Cc1ccc(NC(=O)CN(C)CC(=O)Nc2ccc3c(c2)OCCO3)cc1. The van der Waals surface area contributed by atoms with E-state index in [0.717, 1.165) is 11.3 Å². The number of carbonyl (C=O) groups is 2. The second-order valence-corrected chi connectivity index (χ2v) is 6.49. The maximum absolute atomic E-state index is 12.2. The molecule has 0 spiro atoms. The molecule has 0 aromatic heterocycles. The van der Waals surface area contributed by atoms with Gasteiger partial charge in [-0.2, -0.15) is 0 Å². The van der Waals surface area contributed by atoms with Crippen molar-refractivity contribution >= 4 is 23.2 Å². The number of aryl methyl sites for hydroxylation is 1. The maximum Gasteiger partial charge on any atom is 0.238 e. The van der Waals surface area contributed by atoms with Crippen LogP contribution in [0.2, 0.25) is 0 Å². The molecule has 1 aliphatic heterocycles. The lowest BCUT2D eigenvalue weighted by molar-refractivity contribution is -0.119. The summed E-state index contributed by atoms with van der Waals surface area (Å²) in [5, 5.41) is 5.62. The number of benzene rings is 2. The summed E-state index contributed by atoms with van der Waals surface area (Å²) in [6, 6.07) is 12.8. The Morgan fingerprint density at radius 3 is 2.11 bits per heavy atom. The standard InChI is InChI=1S/C20H23N3O4/c1-14-3-5-15(6-4-14)21-19(24)12-23(2)13-20(25)22-16-7-8-17-18(11-16)27-10-9-26-17/h3-8,11H,9-10,12-13H2,1-2H3,(H,21,24)(H,22,25). The van der Waals surface area contributed by atoms with Crippen LogP contribution in [0.4, 0.5) is 11.4 Å². The molecule has 7 nitrogen and oxygen atoms in total. The Morgan fingerprint density at radius 1 is 0.889 bits per heavy atom. The van der Waals surface area contributed by atoms with Crippen LogP contribution in [0.15, 0.2) is 42.5 Å². The zero-order valence-electron chi connectivity index (χ0n) is 15.5. The van der Waals surface area contributed by atoms with Gasteiger partial charge in [0.05, 0.1) is 13.1 Å². The quantitative estimate of drug-likeness (QED) is 0.817. The maximum atomic E-state index is 12.2. The number of hydrogen-bond donors (Lipinski definition) is 2. The lowest BCUT2D eigenvalue weighted by atomic mass is 10.2. The van der Waals surface area contributed by atoms with Crippen LogP contribution in [-0.4, -0.2) is 50.1 Å². The van der Waals surface area contributed by atoms with Crippen LogP contribution in [0.3, 0.4) is 0 Å². The molecule has 0 saturated heterocycles. The van der Waals surface area contributed by atoms with Gasteiger partial charge < -0.3 is 20.1 Å². The van der Waals surface area contributed by atoms with Gasteiger partial charge in [0.1, 0.15) is 13.2 Å². The molecule has 0 saturated carbocycles. The predicted molar refractivity (Wildman–Crippen MR) is 103 cm³/mol. The number of nitrogens with zero attached hydrogens (tertiary/aromatic N) is 1. The van der Waals surface area contributed by atoms with Gasteiger partial charge in [-0.3, -0.25) is 14.5 Å². The van der Waals surface area contributed by atoms with Crippen LogP contribution in [0.25, 0.3) is 0 Å². The minimum Gasteiger partial charge on any atom is -0.486 e. The number of nitrogens with one attached hydrogen (secondary N) is 2. The van der Waals surface area contributed by atoms with Crippen LogP contribution >= 0.6 is 0 Å². The molecular formula is C20H23N3O4. The minimum absolute atomic E-state index is 0.0930. The number of ether oxygens (including phenoxy) is 2. The van der Waals surface area contributed by atoms with Gasteiger partial charge in [0.2, 0.25) is 11.8 Å².